The average Bonchev–Trinajstić information content (AvgIpc) is 2.29. The number of ether oxygens (including phenoxy) is 1. The second-order valence-corrected chi connectivity index (χ2v) is 3.23. The molecule has 0 aliphatic heterocycles. The summed E-state index contributed by atoms with van der Waals surface area (Å²) in [6.45, 7) is 3.61. The van der Waals surface area contributed by atoms with Gasteiger partial charge >= 0.3 is 5.97 Å². The summed E-state index contributed by atoms with van der Waals surface area (Å²) in [5.74, 6) is -0.342. The molecule has 0 aromatic heterocycles. The summed E-state index contributed by atoms with van der Waals surface area (Å²) in [4.78, 5) is 11.1. The molecule has 0 bridgehead atoms. The molecular formula is C13H14O2. The normalized spacial score (nSPS) is 9.00. The molecule has 78 valence electrons. The van der Waals surface area contributed by atoms with Gasteiger partial charge in [-0.05, 0) is 25.0 Å². The number of carbonyl (C=O) groups excluding carboxylic acids is 1. The third kappa shape index (κ3) is 3.12. The number of hydrogen-bond acceptors (Lipinski definition) is 2. The number of carbonyl (C=O) groups is 1. The summed E-state index contributed by atoms with van der Waals surface area (Å²) in [5, 5.41) is 0. The van der Waals surface area contributed by atoms with Gasteiger partial charge in [0.1, 0.15) is 0 Å². The van der Waals surface area contributed by atoms with E-state index in [9.17, 15) is 4.79 Å². The van der Waals surface area contributed by atoms with Crippen LogP contribution in [0.3, 0.4) is 0 Å². The van der Waals surface area contributed by atoms with Crippen LogP contribution >= 0.6 is 0 Å². The van der Waals surface area contributed by atoms with Crippen LogP contribution in [0.15, 0.2) is 41.6 Å². The van der Waals surface area contributed by atoms with Crippen LogP contribution < -0.4 is 0 Å². The summed E-state index contributed by atoms with van der Waals surface area (Å²) in [7, 11) is 1.37. The Balaban J connectivity index is 3.08. The van der Waals surface area contributed by atoms with E-state index in [4.69, 9.17) is 0 Å². The van der Waals surface area contributed by atoms with Crippen molar-refractivity contribution in [3.8, 4) is 0 Å². The van der Waals surface area contributed by atoms with Crippen LogP contribution in [0.5, 0.6) is 0 Å². The highest BCUT2D eigenvalue weighted by atomic mass is 16.5. The molecule has 2 nitrogen and oxygen atoms in total. The highest BCUT2D eigenvalue weighted by Crippen LogP contribution is 2.12. The lowest BCUT2D eigenvalue weighted by Gasteiger charge is -1.98. The molecule has 1 aromatic rings. The molecule has 0 fully saturated rings. The fourth-order valence-electron chi connectivity index (χ4n) is 1.25. The summed E-state index contributed by atoms with van der Waals surface area (Å²) in [6, 6.07) is 9.81. The largest absolute Gasteiger partial charge is 0.465 e. The van der Waals surface area contributed by atoms with Gasteiger partial charge in [-0.25, -0.2) is 4.79 Å². The number of esters is 1. The van der Waals surface area contributed by atoms with Gasteiger partial charge in [-0.2, -0.15) is 0 Å². The van der Waals surface area contributed by atoms with Crippen molar-refractivity contribution in [3.63, 3.8) is 0 Å². The Bertz CT molecular complexity index is 409. The minimum atomic E-state index is -0.342. The third-order valence-corrected chi connectivity index (χ3v) is 2.07. The van der Waals surface area contributed by atoms with Gasteiger partial charge in [0.2, 0.25) is 0 Å². The number of benzene rings is 1. The van der Waals surface area contributed by atoms with Gasteiger partial charge in [0, 0.05) is 0 Å². The van der Waals surface area contributed by atoms with E-state index in [-0.39, 0.29) is 5.97 Å². The predicted octanol–water partition coefficient (Wildman–Crippen LogP) is 2.81. The lowest BCUT2D eigenvalue weighted by Crippen LogP contribution is -2.00. The van der Waals surface area contributed by atoms with E-state index in [1.807, 2.05) is 37.3 Å². The van der Waals surface area contributed by atoms with Crippen LogP contribution in [0.1, 0.15) is 19.4 Å². The molecule has 1 rings (SSSR count). The van der Waals surface area contributed by atoms with Crippen LogP contribution in [-0.2, 0) is 9.53 Å². The van der Waals surface area contributed by atoms with Crippen molar-refractivity contribution in [2.75, 3.05) is 7.11 Å². The maximum absolute atomic E-state index is 11.1. The van der Waals surface area contributed by atoms with Crippen LogP contribution in [0, 0.1) is 0 Å². The van der Waals surface area contributed by atoms with Crippen molar-refractivity contribution in [2.45, 2.75) is 13.8 Å². The van der Waals surface area contributed by atoms with E-state index in [1.54, 1.807) is 6.92 Å². The average molecular weight is 202 g/mol. The number of methoxy groups -OCH3 is 1. The van der Waals surface area contributed by atoms with Crippen molar-refractivity contribution >= 4 is 11.5 Å². The molecular weight excluding hydrogens is 188 g/mol. The molecule has 0 radical (unpaired) electrons. The standard InChI is InChI=1S/C13H14O2/c1-10(9-11(2)13(14)15-3)12-7-5-4-6-8-12/h4-8H,1-3H3. The second-order valence-electron chi connectivity index (χ2n) is 3.23. The molecule has 0 spiro atoms. The first-order chi connectivity index (χ1) is 7.15. The van der Waals surface area contributed by atoms with Gasteiger partial charge in [0.25, 0.3) is 0 Å². The first-order valence-electron chi connectivity index (χ1n) is 4.73. The Morgan fingerprint density at radius 3 is 2.33 bits per heavy atom. The van der Waals surface area contributed by atoms with Gasteiger partial charge in [-0.3, -0.25) is 0 Å². The van der Waals surface area contributed by atoms with E-state index >= 15 is 0 Å². The highest BCUT2D eigenvalue weighted by Gasteiger charge is 2.01. The van der Waals surface area contributed by atoms with Crippen molar-refractivity contribution in [1.29, 1.82) is 0 Å². The molecule has 0 atom stereocenters. The first kappa shape index (κ1) is 11.3. The fraction of sp³-hybridized carbons (Fsp3) is 0.231. The Morgan fingerprint density at radius 1 is 1.20 bits per heavy atom. The third-order valence-electron chi connectivity index (χ3n) is 2.07. The maximum atomic E-state index is 11.1. The highest BCUT2D eigenvalue weighted by molar-refractivity contribution is 5.88. The number of hydrogen-bond donors (Lipinski definition) is 0. The van der Waals surface area contributed by atoms with Crippen molar-refractivity contribution in [1.82, 2.24) is 0 Å². The van der Waals surface area contributed by atoms with Gasteiger partial charge in [-0.1, -0.05) is 30.3 Å². The Kier molecular flexibility index (Phi) is 3.90. The lowest BCUT2D eigenvalue weighted by atomic mass is 10.1. The topological polar surface area (TPSA) is 26.3 Å². The lowest BCUT2D eigenvalue weighted by molar-refractivity contribution is -0.136. The van der Waals surface area contributed by atoms with E-state index in [2.05, 4.69) is 10.5 Å². The van der Waals surface area contributed by atoms with Gasteiger partial charge in [0.05, 0.1) is 12.7 Å². The van der Waals surface area contributed by atoms with Crippen molar-refractivity contribution < 1.29 is 9.53 Å². The van der Waals surface area contributed by atoms with Crippen LogP contribution in [0.2, 0.25) is 0 Å². The SMILES string of the molecule is COC(=O)C(C)=C=C(C)c1ccccc1. The molecule has 0 saturated carbocycles. The Labute approximate surface area is 89.9 Å². The Morgan fingerprint density at radius 2 is 1.80 bits per heavy atom. The molecule has 15 heavy (non-hydrogen) atoms. The van der Waals surface area contributed by atoms with Gasteiger partial charge < -0.3 is 4.74 Å². The molecule has 0 aliphatic carbocycles. The smallest absolute Gasteiger partial charge is 0.341 e. The van der Waals surface area contributed by atoms with Gasteiger partial charge in [-0.15, -0.1) is 5.73 Å². The van der Waals surface area contributed by atoms with Crippen molar-refractivity contribution in [2.24, 2.45) is 0 Å². The van der Waals surface area contributed by atoms with Crippen LogP contribution in [-0.4, -0.2) is 13.1 Å². The van der Waals surface area contributed by atoms with Crippen LogP contribution in [0.25, 0.3) is 5.57 Å². The minimum absolute atomic E-state index is 0.342. The van der Waals surface area contributed by atoms with Crippen LogP contribution in [0.4, 0.5) is 0 Å². The summed E-state index contributed by atoms with van der Waals surface area (Å²) in [5.41, 5.74) is 5.48. The maximum Gasteiger partial charge on any atom is 0.341 e. The zero-order valence-corrected chi connectivity index (χ0v) is 9.20. The Hall–Kier alpha value is -1.79. The van der Waals surface area contributed by atoms with E-state index in [0.717, 1.165) is 11.1 Å². The molecule has 0 heterocycles. The van der Waals surface area contributed by atoms with Gasteiger partial charge in [0.15, 0.2) is 0 Å². The zero-order valence-electron chi connectivity index (χ0n) is 9.20. The fourth-order valence-corrected chi connectivity index (χ4v) is 1.25. The van der Waals surface area contributed by atoms with E-state index in [0.29, 0.717) is 5.57 Å². The summed E-state index contributed by atoms with van der Waals surface area (Å²) in [6.07, 6.45) is 0. The molecule has 2 heteroatoms. The molecule has 0 amide bonds. The molecule has 1 aromatic carbocycles. The number of rotatable bonds is 2. The van der Waals surface area contributed by atoms with Crippen molar-refractivity contribution in [3.05, 3.63) is 47.2 Å². The zero-order chi connectivity index (χ0) is 11.3. The second kappa shape index (κ2) is 5.18. The summed E-state index contributed by atoms with van der Waals surface area (Å²) < 4.78 is 4.60. The molecule has 0 saturated heterocycles. The first-order valence-corrected chi connectivity index (χ1v) is 4.73. The minimum Gasteiger partial charge on any atom is -0.465 e. The van der Waals surface area contributed by atoms with E-state index in [1.165, 1.54) is 7.11 Å². The van der Waals surface area contributed by atoms with E-state index < -0.39 is 0 Å². The quantitative estimate of drug-likeness (QED) is 0.419. The molecule has 0 unspecified atom stereocenters. The predicted molar refractivity (Wildman–Crippen MR) is 60.2 cm³/mol. The molecule has 0 aliphatic rings. The molecule has 0 N–H and O–H groups in total. The monoisotopic (exact) mass is 202 g/mol. The summed E-state index contributed by atoms with van der Waals surface area (Å²) >= 11 is 0.